The highest BCUT2D eigenvalue weighted by Gasteiger charge is 2.02. The Morgan fingerprint density at radius 3 is 2.57 bits per heavy atom. The van der Waals surface area contributed by atoms with Gasteiger partial charge in [0, 0.05) is 25.0 Å². The van der Waals surface area contributed by atoms with Gasteiger partial charge in [-0.25, -0.2) is 0 Å². The van der Waals surface area contributed by atoms with E-state index in [1.165, 1.54) is 0 Å². The first-order valence-corrected chi connectivity index (χ1v) is 5.89. The first-order chi connectivity index (χ1) is 6.65. The molecule has 0 aliphatic heterocycles. The standard InChI is InChI=1S/C10H17N3S/c1-13(5-6-14-2)8-3-4-9(11)10(12)7-8/h3-4,7H,5-6,11-12H2,1-2H3. The van der Waals surface area contributed by atoms with Gasteiger partial charge in [-0.3, -0.25) is 0 Å². The summed E-state index contributed by atoms with van der Waals surface area (Å²) in [4.78, 5) is 2.17. The Kier molecular flexibility index (Phi) is 3.95. The van der Waals surface area contributed by atoms with Crippen molar-refractivity contribution in [3.63, 3.8) is 0 Å². The summed E-state index contributed by atoms with van der Waals surface area (Å²) >= 11 is 1.83. The first kappa shape index (κ1) is 11.0. The van der Waals surface area contributed by atoms with Crippen molar-refractivity contribution in [1.82, 2.24) is 0 Å². The molecular weight excluding hydrogens is 194 g/mol. The lowest BCUT2D eigenvalue weighted by Crippen LogP contribution is -2.20. The van der Waals surface area contributed by atoms with Crippen LogP contribution in [0.5, 0.6) is 0 Å². The fourth-order valence-electron chi connectivity index (χ4n) is 1.16. The van der Waals surface area contributed by atoms with Crippen LogP contribution in [0, 0.1) is 0 Å². The third-order valence-electron chi connectivity index (χ3n) is 2.14. The Bertz CT molecular complexity index is 301. The number of anilines is 3. The Morgan fingerprint density at radius 2 is 2.00 bits per heavy atom. The molecule has 0 heterocycles. The molecule has 0 saturated heterocycles. The molecule has 78 valence electrons. The second-order valence-corrected chi connectivity index (χ2v) is 4.21. The zero-order valence-electron chi connectivity index (χ0n) is 8.66. The van der Waals surface area contributed by atoms with E-state index in [2.05, 4.69) is 18.2 Å². The summed E-state index contributed by atoms with van der Waals surface area (Å²) in [5.74, 6) is 1.11. The maximum absolute atomic E-state index is 5.73. The van der Waals surface area contributed by atoms with E-state index in [1.54, 1.807) is 0 Å². The number of thioether (sulfide) groups is 1. The topological polar surface area (TPSA) is 55.3 Å². The smallest absolute Gasteiger partial charge is 0.0568 e. The van der Waals surface area contributed by atoms with E-state index < -0.39 is 0 Å². The average molecular weight is 211 g/mol. The Hall–Kier alpha value is -1.03. The first-order valence-electron chi connectivity index (χ1n) is 4.50. The quantitative estimate of drug-likeness (QED) is 0.744. The van der Waals surface area contributed by atoms with Crippen LogP contribution >= 0.6 is 11.8 Å². The summed E-state index contributed by atoms with van der Waals surface area (Å²) in [6.07, 6.45) is 2.10. The lowest BCUT2D eigenvalue weighted by atomic mass is 10.2. The molecule has 0 amide bonds. The Balaban J connectivity index is 2.70. The fraction of sp³-hybridized carbons (Fsp3) is 0.400. The van der Waals surface area contributed by atoms with Crippen LogP contribution in [0.1, 0.15) is 0 Å². The highest BCUT2D eigenvalue weighted by molar-refractivity contribution is 7.98. The van der Waals surface area contributed by atoms with E-state index in [4.69, 9.17) is 11.5 Å². The van der Waals surface area contributed by atoms with E-state index >= 15 is 0 Å². The van der Waals surface area contributed by atoms with Crippen molar-refractivity contribution in [3.05, 3.63) is 18.2 Å². The van der Waals surface area contributed by atoms with Gasteiger partial charge in [-0.1, -0.05) is 0 Å². The van der Waals surface area contributed by atoms with Crippen molar-refractivity contribution in [2.45, 2.75) is 0 Å². The zero-order chi connectivity index (χ0) is 10.6. The van der Waals surface area contributed by atoms with Crippen LogP contribution in [0.2, 0.25) is 0 Å². The molecule has 0 aromatic heterocycles. The van der Waals surface area contributed by atoms with Crippen molar-refractivity contribution >= 4 is 28.8 Å². The van der Waals surface area contributed by atoms with Gasteiger partial charge >= 0.3 is 0 Å². The molecule has 4 heteroatoms. The van der Waals surface area contributed by atoms with Crippen molar-refractivity contribution in [1.29, 1.82) is 0 Å². The molecule has 0 bridgehead atoms. The minimum Gasteiger partial charge on any atom is -0.397 e. The molecule has 0 radical (unpaired) electrons. The third kappa shape index (κ3) is 2.73. The Labute approximate surface area is 89.5 Å². The molecule has 1 aromatic carbocycles. The van der Waals surface area contributed by atoms with Gasteiger partial charge in [-0.2, -0.15) is 11.8 Å². The summed E-state index contributed by atoms with van der Waals surface area (Å²) in [5, 5.41) is 0. The van der Waals surface area contributed by atoms with Crippen LogP contribution in [0.15, 0.2) is 18.2 Å². The molecule has 1 aromatic rings. The minimum atomic E-state index is 0.645. The second-order valence-electron chi connectivity index (χ2n) is 3.23. The molecule has 0 saturated carbocycles. The van der Waals surface area contributed by atoms with E-state index in [-0.39, 0.29) is 0 Å². The van der Waals surface area contributed by atoms with Crippen LogP contribution in [0.25, 0.3) is 0 Å². The van der Waals surface area contributed by atoms with Gasteiger partial charge < -0.3 is 16.4 Å². The molecule has 0 spiro atoms. The van der Waals surface area contributed by atoms with E-state index in [0.717, 1.165) is 18.0 Å². The largest absolute Gasteiger partial charge is 0.397 e. The van der Waals surface area contributed by atoms with Gasteiger partial charge in [0.25, 0.3) is 0 Å². The van der Waals surface area contributed by atoms with Crippen LogP contribution in [-0.2, 0) is 0 Å². The van der Waals surface area contributed by atoms with E-state index in [1.807, 2.05) is 30.0 Å². The summed E-state index contributed by atoms with van der Waals surface area (Å²) in [5.41, 5.74) is 13.8. The summed E-state index contributed by atoms with van der Waals surface area (Å²) < 4.78 is 0. The van der Waals surface area contributed by atoms with Gasteiger partial charge in [0.15, 0.2) is 0 Å². The lowest BCUT2D eigenvalue weighted by Gasteiger charge is -2.19. The van der Waals surface area contributed by atoms with E-state index in [0.29, 0.717) is 11.4 Å². The zero-order valence-corrected chi connectivity index (χ0v) is 9.47. The summed E-state index contributed by atoms with van der Waals surface area (Å²) in [6, 6.07) is 5.75. The SMILES string of the molecule is CSCCN(C)c1ccc(N)c(N)c1. The molecule has 0 atom stereocenters. The number of benzene rings is 1. The minimum absolute atomic E-state index is 0.645. The molecule has 3 nitrogen and oxygen atoms in total. The van der Waals surface area contributed by atoms with Crippen LogP contribution in [0.3, 0.4) is 0 Å². The molecule has 4 N–H and O–H groups in total. The van der Waals surface area contributed by atoms with Crippen LogP contribution in [0.4, 0.5) is 17.1 Å². The van der Waals surface area contributed by atoms with Crippen LogP contribution in [-0.4, -0.2) is 25.6 Å². The highest BCUT2D eigenvalue weighted by Crippen LogP contribution is 2.22. The number of nitrogens with two attached hydrogens (primary N) is 2. The second kappa shape index (κ2) is 5.00. The lowest BCUT2D eigenvalue weighted by molar-refractivity contribution is 0.979. The predicted octanol–water partition coefficient (Wildman–Crippen LogP) is 1.65. The van der Waals surface area contributed by atoms with Gasteiger partial charge in [0.2, 0.25) is 0 Å². The maximum Gasteiger partial charge on any atom is 0.0568 e. The number of nitrogen functional groups attached to an aromatic ring is 2. The molecule has 14 heavy (non-hydrogen) atoms. The number of hydrogen-bond acceptors (Lipinski definition) is 4. The molecule has 0 aliphatic carbocycles. The Morgan fingerprint density at radius 1 is 1.29 bits per heavy atom. The van der Waals surface area contributed by atoms with Gasteiger partial charge in [-0.05, 0) is 24.5 Å². The predicted molar refractivity (Wildman–Crippen MR) is 66.9 cm³/mol. The van der Waals surface area contributed by atoms with E-state index in [9.17, 15) is 0 Å². The molecule has 0 aliphatic rings. The molecule has 0 fully saturated rings. The van der Waals surface area contributed by atoms with Gasteiger partial charge in [0.05, 0.1) is 11.4 Å². The van der Waals surface area contributed by atoms with Crippen molar-refractivity contribution in [2.75, 3.05) is 42.0 Å². The molecule has 1 rings (SSSR count). The average Bonchev–Trinajstić information content (AvgIpc) is 2.18. The van der Waals surface area contributed by atoms with Crippen molar-refractivity contribution in [2.24, 2.45) is 0 Å². The van der Waals surface area contributed by atoms with Crippen LogP contribution < -0.4 is 16.4 Å². The highest BCUT2D eigenvalue weighted by atomic mass is 32.2. The number of rotatable bonds is 4. The summed E-state index contributed by atoms with van der Waals surface area (Å²) in [7, 11) is 2.06. The molecule has 0 unspecified atom stereocenters. The fourth-order valence-corrected chi connectivity index (χ4v) is 1.61. The third-order valence-corrected chi connectivity index (χ3v) is 2.73. The van der Waals surface area contributed by atoms with Crippen molar-refractivity contribution < 1.29 is 0 Å². The number of nitrogens with zero attached hydrogens (tertiary/aromatic N) is 1. The van der Waals surface area contributed by atoms with Crippen molar-refractivity contribution in [3.8, 4) is 0 Å². The monoisotopic (exact) mass is 211 g/mol. The normalized spacial score (nSPS) is 10.1. The summed E-state index contributed by atoms with van der Waals surface area (Å²) in [6.45, 7) is 1.02. The molecular formula is C10H17N3S. The number of hydrogen-bond donors (Lipinski definition) is 2. The van der Waals surface area contributed by atoms with Gasteiger partial charge in [-0.15, -0.1) is 0 Å². The maximum atomic E-state index is 5.73. The van der Waals surface area contributed by atoms with Gasteiger partial charge in [0.1, 0.15) is 0 Å².